The third-order valence-electron chi connectivity index (χ3n) is 2.77. The largest absolute Gasteiger partial charge is 0.508 e. The average molecular weight is 244 g/mol. The molecule has 0 saturated carbocycles. The van der Waals surface area contributed by atoms with Gasteiger partial charge >= 0.3 is 0 Å². The summed E-state index contributed by atoms with van der Waals surface area (Å²) < 4.78 is 0. The van der Waals surface area contributed by atoms with Gasteiger partial charge in [0.25, 0.3) is 0 Å². The van der Waals surface area contributed by atoms with E-state index in [4.69, 9.17) is 5.73 Å². The van der Waals surface area contributed by atoms with Gasteiger partial charge in [0.15, 0.2) is 0 Å². The molecular formula is C13H22ClNO. The van der Waals surface area contributed by atoms with Gasteiger partial charge in [0.1, 0.15) is 5.75 Å². The molecule has 0 amide bonds. The zero-order valence-corrected chi connectivity index (χ0v) is 10.9. The lowest BCUT2D eigenvalue weighted by Gasteiger charge is -2.12. The second-order valence-corrected chi connectivity index (χ2v) is 4.15. The Morgan fingerprint density at radius 1 is 1.31 bits per heavy atom. The van der Waals surface area contributed by atoms with Crippen LogP contribution >= 0.6 is 12.4 Å². The third-order valence-corrected chi connectivity index (χ3v) is 2.77. The topological polar surface area (TPSA) is 46.2 Å². The molecule has 0 fully saturated rings. The fraction of sp³-hybridized carbons (Fsp3) is 0.538. The van der Waals surface area contributed by atoms with Crippen molar-refractivity contribution in [1.29, 1.82) is 0 Å². The molecule has 1 atom stereocenters. The molecule has 92 valence electrons. The van der Waals surface area contributed by atoms with Gasteiger partial charge in [0.05, 0.1) is 0 Å². The number of aromatic hydroxyl groups is 1. The molecule has 0 aliphatic rings. The lowest BCUT2D eigenvalue weighted by atomic mass is 9.99. The summed E-state index contributed by atoms with van der Waals surface area (Å²) in [5.74, 6) is 0.347. The number of benzene rings is 1. The van der Waals surface area contributed by atoms with Gasteiger partial charge in [0.2, 0.25) is 0 Å². The SMILES string of the molecule is CCCCC[C@H](N)c1ccc(O)c(C)c1.Cl. The van der Waals surface area contributed by atoms with Gasteiger partial charge in [-0.1, -0.05) is 38.3 Å². The van der Waals surface area contributed by atoms with E-state index in [1.165, 1.54) is 19.3 Å². The molecule has 3 N–H and O–H groups in total. The summed E-state index contributed by atoms with van der Waals surface area (Å²) in [4.78, 5) is 0. The van der Waals surface area contributed by atoms with Crippen LogP contribution in [0.25, 0.3) is 0 Å². The van der Waals surface area contributed by atoms with Gasteiger partial charge in [-0.05, 0) is 30.5 Å². The lowest BCUT2D eigenvalue weighted by Crippen LogP contribution is -2.10. The van der Waals surface area contributed by atoms with E-state index in [9.17, 15) is 5.11 Å². The highest BCUT2D eigenvalue weighted by Gasteiger charge is 2.06. The summed E-state index contributed by atoms with van der Waals surface area (Å²) in [5, 5.41) is 9.40. The van der Waals surface area contributed by atoms with Gasteiger partial charge < -0.3 is 10.8 Å². The fourth-order valence-electron chi connectivity index (χ4n) is 1.69. The van der Waals surface area contributed by atoms with E-state index < -0.39 is 0 Å². The molecule has 0 unspecified atom stereocenters. The van der Waals surface area contributed by atoms with E-state index in [0.29, 0.717) is 5.75 Å². The predicted molar refractivity (Wildman–Crippen MR) is 71.2 cm³/mol. The summed E-state index contributed by atoms with van der Waals surface area (Å²) in [6.45, 7) is 4.09. The first kappa shape index (κ1) is 15.3. The third kappa shape index (κ3) is 4.42. The van der Waals surface area contributed by atoms with E-state index >= 15 is 0 Å². The Balaban J connectivity index is 0.00000225. The Morgan fingerprint density at radius 3 is 2.56 bits per heavy atom. The zero-order valence-electron chi connectivity index (χ0n) is 10.1. The molecule has 1 rings (SSSR count). The van der Waals surface area contributed by atoms with Crippen molar-refractivity contribution in [3.8, 4) is 5.75 Å². The van der Waals surface area contributed by atoms with Gasteiger partial charge in [-0.15, -0.1) is 12.4 Å². The normalized spacial score (nSPS) is 11.9. The molecule has 0 saturated heterocycles. The van der Waals surface area contributed by atoms with Crippen molar-refractivity contribution >= 4 is 12.4 Å². The number of rotatable bonds is 5. The smallest absolute Gasteiger partial charge is 0.118 e. The van der Waals surface area contributed by atoms with Crippen LogP contribution in [0.2, 0.25) is 0 Å². The highest BCUT2D eigenvalue weighted by Crippen LogP contribution is 2.23. The first-order valence-electron chi connectivity index (χ1n) is 5.70. The van der Waals surface area contributed by atoms with Crippen molar-refractivity contribution in [2.45, 2.75) is 45.6 Å². The van der Waals surface area contributed by atoms with Crippen molar-refractivity contribution in [3.63, 3.8) is 0 Å². The maximum Gasteiger partial charge on any atom is 0.118 e. The minimum absolute atomic E-state index is 0. The van der Waals surface area contributed by atoms with Crippen LogP contribution in [0.4, 0.5) is 0 Å². The van der Waals surface area contributed by atoms with E-state index in [1.54, 1.807) is 6.07 Å². The monoisotopic (exact) mass is 243 g/mol. The summed E-state index contributed by atoms with van der Waals surface area (Å²) in [6.07, 6.45) is 4.67. The van der Waals surface area contributed by atoms with Crippen molar-refractivity contribution < 1.29 is 5.11 Å². The second-order valence-electron chi connectivity index (χ2n) is 4.15. The molecule has 3 heteroatoms. The van der Waals surface area contributed by atoms with Crippen molar-refractivity contribution in [2.24, 2.45) is 5.73 Å². The molecule has 0 radical (unpaired) electrons. The Kier molecular flexibility index (Phi) is 7.18. The molecule has 2 nitrogen and oxygen atoms in total. The zero-order chi connectivity index (χ0) is 11.3. The Bertz CT molecular complexity index is 315. The summed E-state index contributed by atoms with van der Waals surface area (Å²) in [5.41, 5.74) is 8.10. The van der Waals surface area contributed by atoms with Gasteiger partial charge in [-0.3, -0.25) is 0 Å². The van der Waals surface area contributed by atoms with Crippen LogP contribution in [-0.2, 0) is 0 Å². The minimum atomic E-state index is 0. The molecular weight excluding hydrogens is 222 g/mol. The number of phenolic OH excluding ortho intramolecular Hbond substituents is 1. The molecule has 16 heavy (non-hydrogen) atoms. The first-order chi connectivity index (χ1) is 7.15. The van der Waals surface area contributed by atoms with Crippen LogP contribution < -0.4 is 5.73 Å². The highest BCUT2D eigenvalue weighted by atomic mass is 35.5. The lowest BCUT2D eigenvalue weighted by molar-refractivity contribution is 0.470. The Labute approximate surface area is 104 Å². The fourth-order valence-corrected chi connectivity index (χ4v) is 1.69. The number of nitrogens with two attached hydrogens (primary N) is 1. The average Bonchev–Trinajstić information content (AvgIpc) is 2.22. The number of phenols is 1. The van der Waals surface area contributed by atoms with Gasteiger partial charge in [-0.2, -0.15) is 0 Å². The molecule has 0 aliphatic carbocycles. The highest BCUT2D eigenvalue weighted by molar-refractivity contribution is 5.85. The second kappa shape index (κ2) is 7.53. The van der Waals surface area contributed by atoms with Crippen molar-refractivity contribution in [3.05, 3.63) is 29.3 Å². The van der Waals surface area contributed by atoms with Crippen LogP contribution in [0, 0.1) is 6.92 Å². The van der Waals surface area contributed by atoms with Gasteiger partial charge in [-0.25, -0.2) is 0 Å². The number of unbranched alkanes of at least 4 members (excludes halogenated alkanes) is 2. The first-order valence-corrected chi connectivity index (χ1v) is 5.70. The quantitative estimate of drug-likeness (QED) is 0.775. The van der Waals surface area contributed by atoms with Crippen LogP contribution in [0.1, 0.15) is 49.8 Å². The molecule has 0 aromatic heterocycles. The predicted octanol–water partition coefficient (Wildman–Crippen LogP) is 3.70. The standard InChI is InChI=1S/C13H21NO.ClH/c1-3-4-5-6-12(14)11-7-8-13(15)10(2)9-11;/h7-9,12,15H,3-6,14H2,1-2H3;1H/t12-;/m0./s1. The molecule has 1 aromatic carbocycles. The summed E-state index contributed by atoms with van der Waals surface area (Å²) in [7, 11) is 0. The Hall–Kier alpha value is -0.730. The van der Waals surface area contributed by atoms with Crippen LogP contribution in [0.3, 0.4) is 0 Å². The molecule has 0 heterocycles. The number of hydrogen-bond acceptors (Lipinski definition) is 2. The van der Waals surface area contributed by atoms with Gasteiger partial charge in [0, 0.05) is 6.04 Å². The molecule has 1 aromatic rings. The minimum Gasteiger partial charge on any atom is -0.508 e. The number of halogens is 1. The summed E-state index contributed by atoms with van der Waals surface area (Å²) in [6, 6.07) is 5.73. The number of aryl methyl sites for hydroxylation is 1. The maximum atomic E-state index is 9.40. The van der Waals surface area contributed by atoms with E-state index in [-0.39, 0.29) is 18.4 Å². The van der Waals surface area contributed by atoms with Crippen LogP contribution in [0.15, 0.2) is 18.2 Å². The van der Waals surface area contributed by atoms with Crippen molar-refractivity contribution in [2.75, 3.05) is 0 Å². The number of hydrogen-bond donors (Lipinski definition) is 2. The van der Waals surface area contributed by atoms with Crippen molar-refractivity contribution in [1.82, 2.24) is 0 Å². The van der Waals surface area contributed by atoms with E-state index in [0.717, 1.165) is 17.5 Å². The van der Waals surface area contributed by atoms with Crippen LogP contribution in [-0.4, -0.2) is 5.11 Å². The molecule has 0 spiro atoms. The molecule has 0 aliphatic heterocycles. The Morgan fingerprint density at radius 2 is 2.00 bits per heavy atom. The van der Waals surface area contributed by atoms with E-state index in [2.05, 4.69) is 6.92 Å². The van der Waals surface area contributed by atoms with Crippen LogP contribution in [0.5, 0.6) is 5.75 Å². The summed E-state index contributed by atoms with van der Waals surface area (Å²) >= 11 is 0. The molecule has 0 bridgehead atoms. The van der Waals surface area contributed by atoms with E-state index in [1.807, 2.05) is 19.1 Å². The maximum absolute atomic E-state index is 9.40.